The molecule has 0 bridgehead atoms. The molecule has 0 aliphatic carbocycles. The zero-order valence-corrected chi connectivity index (χ0v) is 15.1. The number of carbonyl (C=O) groups is 2. The van der Waals surface area contributed by atoms with Gasteiger partial charge in [-0.25, -0.2) is 4.79 Å². The van der Waals surface area contributed by atoms with Gasteiger partial charge in [0.25, 0.3) is 5.91 Å². The van der Waals surface area contributed by atoms with E-state index in [0.29, 0.717) is 35.2 Å². The highest BCUT2D eigenvalue weighted by Gasteiger charge is 2.08. The third-order valence-electron chi connectivity index (χ3n) is 3.27. The number of rotatable bonds is 9. The Morgan fingerprint density at radius 1 is 1.00 bits per heavy atom. The molecule has 1 amide bonds. The molecule has 0 atom stereocenters. The third-order valence-corrected chi connectivity index (χ3v) is 3.52. The van der Waals surface area contributed by atoms with Gasteiger partial charge in [-0.05, 0) is 55.5 Å². The number of halogens is 1. The zero-order valence-electron chi connectivity index (χ0n) is 14.4. The molecule has 0 aliphatic rings. The van der Waals surface area contributed by atoms with Gasteiger partial charge in [0.15, 0.2) is 6.61 Å². The predicted molar refractivity (Wildman–Crippen MR) is 98.8 cm³/mol. The molecule has 0 fully saturated rings. The van der Waals surface area contributed by atoms with Gasteiger partial charge in [-0.2, -0.15) is 0 Å². The second-order valence-corrected chi connectivity index (χ2v) is 5.63. The van der Waals surface area contributed by atoms with Crippen molar-refractivity contribution in [3.63, 3.8) is 0 Å². The lowest BCUT2D eigenvalue weighted by atomic mass is 10.2. The Bertz CT molecular complexity index is 716. The summed E-state index contributed by atoms with van der Waals surface area (Å²) in [6.45, 7) is 2.79. The molecule has 6 nitrogen and oxygen atoms in total. The molecule has 0 spiro atoms. The van der Waals surface area contributed by atoms with Crippen LogP contribution in [-0.2, 0) is 14.3 Å². The Balaban J connectivity index is 1.79. The summed E-state index contributed by atoms with van der Waals surface area (Å²) < 4.78 is 15.3. The lowest BCUT2D eigenvalue weighted by Gasteiger charge is -2.08. The molecule has 2 rings (SSSR count). The van der Waals surface area contributed by atoms with Crippen molar-refractivity contribution in [2.24, 2.45) is 0 Å². The third kappa shape index (κ3) is 6.74. The topological polar surface area (TPSA) is 73.9 Å². The van der Waals surface area contributed by atoms with Crippen molar-refractivity contribution in [3.8, 4) is 5.75 Å². The number of ether oxygens (including phenoxy) is 3. The molecule has 0 heterocycles. The number of carbonyl (C=O) groups excluding carboxylic acids is 2. The molecule has 1 N–H and O–H groups in total. The first-order valence-corrected chi connectivity index (χ1v) is 8.49. The van der Waals surface area contributed by atoms with Gasteiger partial charge in [0.1, 0.15) is 12.4 Å². The summed E-state index contributed by atoms with van der Waals surface area (Å²) in [6.07, 6.45) is 0. The highest BCUT2D eigenvalue weighted by Crippen LogP contribution is 2.16. The maximum Gasteiger partial charge on any atom is 0.344 e. The fraction of sp³-hybridized carbons (Fsp3) is 0.263. The largest absolute Gasteiger partial charge is 0.482 e. The lowest BCUT2D eigenvalue weighted by molar-refractivity contribution is -0.147. The van der Waals surface area contributed by atoms with E-state index in [4.69, 9.17) is 25.8 Å². The number of esters is 1. The summed E-state index contributed by atoms with van der Waals surface area (Å²) in [5.41, 5.74) is 1.11. The maximum atomic E-state index is 12.2. The van der Waals surface area contributed by atoms with Crippen LogP contribution in [-0.4, -0.2) is 38.3 Å². The minimum atomic E-state index is -0.478. The fourth-order valence-electron chi connectivity index (χ4n) is 1.98. The molecule has 138 valence electrons. The summed E-state index contributed by atoms with van der Waals surface area (Å²) in [4.78, 5) is 23.7. The SMILES string of the molecule is CCOCCOC(=O)COc1ccc(C(=O)Nc2ccc(Cl)cc2)cc1. The Morgan fingerprint density at radius 2 is 1.69 bits per heavy atom. The molecule has 2 aromatic rings. The minimum absolute atomic E-state index is 0.194. The number of hydrogen-bond acceptors (Lipinski definition) is 5. The van der Waals surface area contributed by atoms with E-state index in [1.165, 1.54) is 0 Å². The first-order valence-electron chi connectivity index (χ1n) is 8.11. The molecule has 0 unspecified atom stereocenters. The highest BCUT2D eigenvalue weighted by atomic mass is 35.5. The summed E-state index contributed by atoms with van der Waals surface area (Å²) in [5.74, 6) is -0.265. The van der Waals surface area contributed by atoms with Gasteiger partial charge in [-0.1, -0.05) is 11.6 Å². The van der Waals surface area contributed by atoms with E-state index < -0.39 is 5.97 Å². The molecule has 0 saturated carbocycles. The Hall–Kier alpha value is -2.57. The molecule has 2 aromatic carbocycles. The molecular weight excluding hydrogens is 358 g/mol. The van der Waals surface area contributed by atoms with E-state index in [9.17, 15) is 9.59 Å². The molecule has 26 heavy (non-hydrogen) atoms. The average molecular weight is 378 g/mol. The second-order valence-electron chi connectivity index (χ2n) is 5.19. The zero-order chi connectivity index (χ0) is 18.8. The van der Waals surface area contributed by atoms with Gasteiger partial charge in [0, 0.05) is 22.9 Å². The van der Waals surface area contributed by atoms with Crippen LogP contribution in [0.5, 0.6) is 5.75 Å². The van der Waals surface area contributed by atoms with Crippen molar-refractivity contribution in [2.45, 2.75) is 6.92 Å². The van der Waals surface area contributed by atoms with E-state index >= 15 is 0 Å². The van der Waals surface area contributed by atoms with E-state index in [2.05, 4.69) is 5.32 Å². The van der Waals surface area contributed by atoms with Crippen LogP contribution in [0.2, 0.25) is 5.02 Å². The van der Waals surface area contributed by atoms with Crippen LogP contribution in [0.1, 0.15) is 17.3 Å². The summed E-state index contributed by atoms with van der Waals surface area (Å²) >= 11 is 5.81. The van der Waals surface area contributed by atoms with Gasteiger partial charge in [0.2, 0.25) is 0 Å². The summed E-state index contributed by atoms with van der Waals surface area (Å²) in [7, 11) is 0. The van der Waals surface area contributed by atoms with Gasteiger partial charge in [-0.3, -0.25) is 4.79 Å². The lowest BCUT2D eigenvalue weighted by Crippen LogP contribution is -2.17. The number of hydrogen-bond donors (Lipinski definition) is 1. The van der Waals surface area contributed by atoms with Crippen molar-refractivity contribution in [2.75, 3.05) is 31.7 Å². The van der Waals surface area contributed by atoms with Gasteiger partial charge < -0.3 is 19.5 Å². The van der Waals surface area contributed by atoms with E-state index in [1.54, 1.807) is 48.5 Å². The van der Waals surface area contributed by atoms with Crippen molar-refractivity contribution >= 4 is 29.2 Å². The minimum Gasteiger partial charge on any atom is -0.482 e. The van der Waals surface area contributed by atoms with Crippen molar-refractivity contribution in [1.29, 1.82) is 0 Å². The van der Waals surface area contributed by atoms with Crippen LogP contribution in [0.25, 0.3) is 0 Å². The highest BCUT2D eigenvalue weighted by molar-refractivity contribution is 6.30. The quantitative estimate of drug-likeness (QED) is 0.534. The number of amides is 1. The number of anilines is 1. The van der Waals surface area contributed by atoms with E-state index in [0.717, 1.165) is 0 Å². The predicted octanol–water partition coefficient (Wildman–Crippen LogP) is 3.55. The van der Waals surface area contributed by atoms with Crippen LogP contribution < -0.4 is 10.1 Å². The Labute approximate surface area is 157 Å². The smallest absolute Gasteiger partial charge is 0.344 e. The molecule has 0 radical (unpaired) electrons. The average Bonchev–Trinajstić information content (AvgIpc) is 2.66. The summed E-state index contributed by atoms with van der Waals surface area (Å²) in [6, 6.07) is 13.3. The van der Waals surface area contributed by atoms with E-state index in [1.807, 2.05) is 6.92 Å². The van der Waals surface area contributed by atoms with Crippen molar-refractivity contribution < 1.29 is 23.8 Å². The van der Waals surface area contributed by atoms with Gasteiger partial charge in [0.05, 0.1) is 6.61 Å². The fourth-order valence-corrected chi connectivity index (χ4v) is 2.11. The number of benzene rings is 2. The van der Waals surface area contributed by atoms with Crippen molar-refractivity contribution in [3.05, 3.63) is 59.1 Å². The molecule has 0 saturated heterocycles. The second kappa shape index (κ2) is 10.4. The van der Waals surface area contributed by atoms with Gasteiger partial charge in [-0.15, -0.1) is 0 Å². The number of nitrogens with one attached hydrogen (secondary N) is 1. The normalized spacial score (nSPS) is 10.2. The maximum absolute atomic E-state index is 12.2. The standard InChI is InChI=1S/C19H20ClNO5/c1-2-24-11-12-25-18(22)13-26-17-9-3-14(4-10-17)19(23)21-16-7-5-15(20)6-8-16/h3-10H,2,11-13H2,1H3,(H,21,23). The van der Waals surface area contributed by atoms with Gasteiger partial charge >= 0.3 is 5.97 Å². The van der Waals surface area contributed by atoms with Crippen LogP contribution in [0.4, 0.5) is 5.69 Å². The Kier molecular flexibility index (Phi) is 7.92. The molecule has 0 aliphatic heterocycles. The van der Waals surface area contributed by atoms with Crippen LogP contribution in [0.3, 0.4) is 0 Å². The first kappa shape index (κ1) is 19.8. The van der Waals surface area contributed by atoms with Crippen molar-refractivity contribution in [1.82, 2.24) is 0 Å². The van der Waals surface area contributed by atoms with Crippen LogP contribution in [0, 0.1) is 0 Å². The first-order chi connectivity index (χ1) is 12.6. The molecule has 7 heteroatoms. The van der Waals surface area contributed by atoms with E-state index in [-0.39, 0.29) is 19.1 Å². The monoisotopic (exact) mass is 377 g/mol. The van der Waals surface area contributed by atoms with Crippen LogP contribution >= 0.6 is 11.6 Å². The Morgan fingerprint density at radius 3 is 2.35 bits per heavy atom. The van der Waals surface area contributed by atoms with Crippen LogP contribution in [0.15, 0.2) is 48.5 Å². The molecular formula is C19H20ClNO5. The summed E-state index contributed by atoms with van der Waals surface area (Å²) in [5, 5.41) is 3.36. The molecule has 0 aromatic heterocycles.